The quantitative estimate of drug-likeness (QED) is 0.311. The number of benzene rings is 2. The fourth-order valence-corrected chi connectivity index (χ4v) is 5.62. The van der Waals surface area contributed by atoms with Crippen molar-refractivity contribution in [3.05, 3.63) is 63.9 Å². The number of carbonyl (C=O) groups is 1. The summed E-state index contributed by atoms with van der Waals surface area (Å²) in [6, 6.07) is 13.2. The van der Waals surface area contributed by atoms with E-state index in [1.807, 2.05) is 34.9 Å². The first-order valence-electron chi connectivity index (χ1n) is 11.5. The Hall–Kier alpha value is -2.22. The minimum Gasteiger partial charge on any atom is -0.497 e. The van der Waals surface area contributed by atoms with Crippen LogP contribution in [0.4, 0.5) is 0 Å². The van der Waals surface area contributed by atoms with E-state index in [1.165, 1.54) is 37.4 Å². The van der Waals surface area contributed by atoms with E-state index in [0.717, 1.165) is 23.4 Å². The Labute approximate surface area is 214 Å². The molecule has 180 valence electrons. The van der Waals surface area contributed by atoms with E-state index < -0.39 is 0 Å². The van der Waals surface area contributed by atoms with E-state index in [2.05, 4.69) is 15.5 Å². The van der Waals surface area contributed by atoms with Gasteiger partial charge in [-0.25, -0.2) is 0 Å². The van der Waals surface area contributed by atoms with Gasteiger partial charge < -0.3 is 10.1 Å². The monoisotopic (exact) mass is 518 g/mol. The van der Waals surface area contributed by atoms with Gasteiger partial charge in [0.15, 0.2) is 11.0 Å². The van der Waals surface area contributed by atoms with E-state index in [1.54, 1.807) is 19.2 Å². The van der Waals surface area contributed by atoms with E-state index in [4.69, 9.17) is 27.9 Å². The van der Waals surface area contributed by atoms with Crippen molar-refractivity contribution in [1.82, 2.24) is 20.1 Å². The molecule has 4 rings (SSSR count). The molecule has 1 N–H and O–H groups in total. The Bertz CT molecular complexity index is 1130. The van der Waals surface area contributed by atoms with Crippen LogP contribution in [0.2, 0.25) is 10.0 Å². The minimum absolute atomic E-state index is 0.0363. The predicted molar refractivity (Wildman–Crippen MR) is 137 cm³/mol. The fraction of sp³-hybridized carbons (Fsp3) is 0.400. The maximum Gasteiger partial charge on any atom is 0.220 e. The number of carbonyl (C=O) groups excluding carboxylic acids is 1. The third-order valence-electron chi connectivity index (χ3n) is 6.05. The molecule has 0 spiro atoms. The zero-order valence-corrected chi connectivity index (χ0v) is 21.4. The lowest BCUT2D eigenvalue weighted by molar-refractivity contribution is -0.121. The van der Waals surface area contributed by atoms with E-state index in [9.17, 15) is 4.79 Å². The number of nitrogens with one attached hydrogen (secondary N) is 1. The van der Waals surface area contributed by atoms with Gasteiger partial charge in [-0.2, -0.15) is 0 Å². The normalized spacial score (nSPS) is 13.9. The van der Waals surface area contributed by atoms with Crippen LogP contribution in [0, 0.1) is 5.92 Å². The molecule has 2 aromatic carbocycles. The highest BCUT2D eigenvalue weighted by molar-refractivity contribution is 7.98. The van der Waals surface area contributed by atoms with Crippen LogP contribution in [0.25, 0.3) is 5.69 Å². The van der Waals surface area contributed by atoms with Crippen molar-refractivity contribution < 1.29 is 9.53 Å². The van der Waals surface area contributed by atoms with E-state index >= 15 is 0 Å². The number of hydrogen-bond donors (Lipinski definition) is 1. The summed E-state index contributed by atoms with van der Waals surface area (Å²) >= 11 is 14.2. The number of aromatic nitrogens is 3. The topological polar surface area (TPSA) is 69.0 Å². The van der Waals surface area contributed by atoms with Gasteiger partial charge >= 0.3 is 0 Å². The van der Waals surface area contributed by atoms with Crippen LogP contribution in [0.3, 0.4) is 0 Å². The Morgan fingerprint density at radius 1 is 1.18 bits per heavy atom. The molecule has 0 bridgehead atoms. The van der Waals surface area contributed by atoms with Crippen molar-refractivity contribution in [1.29, 1.82) is 0 Å². The molecule has 1 aliphatic carbocycles. The lowest BCUT2D eigenvalue weighted by atomic mass is 10.0. The van der Waals surface area contributed by atoms with Crippen molar-refractivity contribution in [2.24, 2.45) is 5.92 Å². The molecule has 1 aromatic heterocycles. The number of thioether (sulfide) groups is 1. The molecule has 1 fully saturated rings. The highest BCUT2D eigenvalue weighted by Gasteiger charge is 2.19. The highest BCUT2D eigenvalue weighted by atomic mass is 35.5. The Kier molecular flexibility index (Phi) is 8.75. The summed E-state index contributed by atoms with van der Waals surface area (Å²) in [5.74, 6) is 2.82. The summed E-state index contributed by atoms with van der Waals surface area (Å²) in [4.78, 5) is 12.5. The zero-order valence-electron chi connectivity index (χ0n) is 19.1. The standard InChI is InChI=1S/C25H28Cl2N4O2S/c1-33-20-8-4-7-18(13-20)16-34-25-30-29-23(31(25)22-11-10-19(26)14-21(22)27)15-28-24(32)12-9-17-5-2-3-6-17/h4,7-8,10-11,13-14,17H,2-3,5-6,9,12,15-16H2,1H3,(H,28,32). The maximum absolute atomic E-state index is 12.5. The van der Waals surface area contributed by atoms with E-state index in [0.29, 0.717) is 39.1 Å². The average Bonchev–Trinajstić information content (AvgIpc) is 3.50. The molecule has 1 saturated carbocycles. The molecular formula is C25H28Cl2N4O2S. The summed E-state index contributed by atoms with van der Waals surface area (Å²) in [7, 11) is 1.65. The Morgan fingerprint density at radius 3 is 2.76 bits per heavy atom. The van der Waals surface area contributed by atoms with Crippen molar-refractivity contribution in [3.63, 3.8) is 0 Å². The van der Waals surface area contributed by atoms with Crippen LogP contribution in [-0.4, -0.2) is 27.8 Å². The van der Waals surface area contributed by atoms with Crippen LogP contribution in [0.15, 0.2) is 47.6 Å². The number of amides is 1. The van der Waals surface area contributed by atoms with Crippen LogP contribution in [0.1, 0.15) is 49.9 Å². The fourth-order valence-electron chi connectivity index (χ4n) is 4.22. The third kappa shape index (κ3) is 6.46. The molecule has 0 aliphatic heterocycles. The number of halogens is 2. The van der Waals surface area contributed by atoms with E-state index in [-0.39, 0.29) is 12.5 Å². The van der Waals surface area contributed by atoms with Gasteiger partial charge in [-0.05, 0) is 48.2 Å². The molecule has 0 unspecified atom stereocenters. The van der Waals surface area contributed by atoms with Crippen LogP contribution in [-0.2, 0) is 17.1 Å². The van der Waals surface area contributed by atoms with Crippen molar-refractivity contribution in [2.45, 2.75) is 56.0 Å². The van der Waals surface area contributed by atoms with Crippen molar-refractivity contribution in [3.8, 4) is 11.4 Å². The van der Waals surface area contributed by atoms with Crippen molar-refractivity contribution in [2.75, 3.05) is 7.11 Å². The number of methoxy groups -OCH3 is 1. The molecule has 1 amide bonds. The number of hydrogen-bond acceptors (Lipinski definition) is 5. The van der Waals surface area contributed by atoms with Gasteiger partial charge in [0.2, 0.25) is 5.91 Å². The predicted octanol–water partition coefficient (Wildman–Crippen LogP) is 6.46. The zero-order chi connectivity index (χ0) is 23.9. The van der Waals surface area contributed by atoms with Crippen LogP contribution in [0.5, 0.6) is 5.75 Å². The number of ether oxygens (including phenoxy) is 1. The largest absolute Gasteiger partial charge is 0.497 e. The first kappa shape index (κ1) is 24.9. The molecule has 1 aliphatic rings. The van der Waals surface area contributed by atoms with Gasteiger partial charge in [-0.1, -0.05) is 72.8 Å². The Balaban J connectivity index is 1.50. The molecule has 1 heterocycles. The molecule has 9 heteroatoms. The maximum atomic E-state index is 12.5. The van der Waals surface area contributed by atoms with Gasteiger partial charge in [0, 0.05) is 17.2 Å². The van der Waals surface area contributed by atoms with Gasteiger partial charge in [0.1, 0.15) is 5.75 Å². The first-order chi connectivity index (χ1) is 16.5. The molecule has 3 aromatic rings. The van der Waals surface area contributed by atoms with Gasteiger partial charge in [-0.3, -0.25) is 9.36 Å². The Morgan fingerprint density at radius 2 is 2.00 bits per heavy atom. The van der Waals surface area contributed by atoms with Crippen molar-refractivity contribution >= 4 is 40.9 Å². The highest BCUT2D eigenvalue weighted by Crippen LogP contribution is 2.31. The van der Waals surface area contributed by atoms with Crippen LogP contribution >= 0.6 is 35.0 Å². The summed E-state index contributed by atoms with van der Waals surface area (Å²) < 4.78 is 7.21. The second kappa shape index (κ2) is 12.0. The minimum atomic E-state index is 0.0363. The van der Waals surface area contributed by atoms with Gasteiger partial charge in [0.05, 0.1) is 24.4 Å². The number of rotatable bonds is 10. The van der Waals surface area contributed by atoms with Gasteiger partial charge in [-0.15, -0.1) is 10.2 Å². The third-order valence-corrected chi connectivity index (χ3v) is 7.59. The molecule has 6 nitrogen and oxygen atoms in total. The van der Waals surface area contributed by atoms with Crippen LogP contribution < -0.4 is 10.1 Å². The first-order valence-corrected chi connectivity index (χ1v) is 13.2. The second-order valence-corrected chi connectivity index (χ2v) is 10.2. The lowest BCUT2D eigenvalue weighted by Crippen LogP contribution is -2.25. The summed E-state index contributed by atoms with van der Waals surface area (Å²) in [6.45, 7) is 0.273. The molecule has 0 radical (unpaired) electrons. The lowest BCUT2D eigenvalue weighted by Gasteiger charge is -2.13. The smallest absolute Gasteiger partial charge is 0.220 e. The molecule has 0 atom stereocenters. The summed E-state index contributed by atoms with van der Waals surface area (Å²) in [5.41, 5.74) is 1.82. The summed E-state index contributed by atoms with van der Waals surface area (Å²) in [6.07, 6.45) is 6.54. The SMILES string of the molecule is COc1cccc(CSc2nnc(CNC(=O)CCC3CCCC3)n2-c2ccc(Cl)cc2Cl)c1. The average molecular weight is 519 g/mol. The molecular weight excluding hydrogens is 491 g/mol. The molecule has 0 saturated heterocycles. The van der Waals surface area contributed by atoms with Gasteiger partial charge in [0.25, 0.3) is 0 Å². The second-order valence-electron chi connectivity index (χ2n) is 8.44. The molecule has 34 heavy (non-hydrogen) atoms. The summed E-state index contributed by atoms with van der Waals surface area (Å²) in [5, 5.41) is 13.5. The number of nitrogens with zero attached hydrogens (tertiary/aromatic N) is 3.